The van der Waals surface area contributed by atoms with Crippen molar-refractivity contribution in [3.05, 3.63) is 59.2 Å². The average molecular weight is 475 g/mol. The van der Waals surface area contributed by atoms with Crippen molar-refractivity contribution < 1.29 is 14.6 Å². The predicted molar refractivity (Wildman–Crippen MR) is 126 cm³/mol. The molecule has 0 aliphatic carbocycles. The van der Waals surface area contributed by atoms with Crippen LogP contribution < -0.4 is 10.2 Å². The summed E-state index contributed by atoms with van der Waals surface area (Å²) in [6.45, 7) is 4.35. The van der Waals surface area contributed by atoms with Gasteiger partial charge in [-0.2, -0.15) is 5.10 Å². The van der Waals surface area contributed by atoms with Crippen molar-refractivity contribution in [3.63, 3.8) is 0 Å². The van der Waals surface area contributed by atoms with Crippen molar-refractivity contribution >= 4 is 47.0 Å². The normalized spacial score (nSPS) is 11.0. The Kier molecular flexibility index (Phi) is 8.74. The minimum Gasteiger partial charge on any atom is -0.504 e. The number of carbonyl (C=O) groups excluding carboxylic acids is 1. The molecule has 0 fully saturated rings. The van der Waals surface area contributed by atoms with Gasteiger partial charge in [-0.3, -0.25) is 4.79 Å². The quantitative estimate of drug-likeness (QED) is 0.254. The number of para-hydroxylation sites is 1. The Morgan fingerprint density at radius 1 is 1.19 bits per heavy atom. The number of aromatic nitrogens is 2. The maximum absolute atomic E-state index is 12.0. The van der Waals surface area contributed by atoms with Crippen LogP contribution in [0.1, 0.15) is 23.6 Å². The van der Waals surface area contributed by atoms with Crippen molar-refractivity contribution in [2.24, 2.45) is 5.10 Å². The Morgan fingerprint density at radius 2 is 1.94 bits per heavy atom. The summed E-state index contributed by atoms with van der Waals surface area (Å²) in [5, 5.41) is 22.3. The van der Waals surface area contributed by atoms with E-state index >= 15 is 0 Å². The Labute approximate surface area is 193 Å². The molecule has 162 valence electrons. The molecule has 31 heavy (non-hydrogen) atoms. The lowest BCUT2D eigenvalue weighted by atomic mass is 10.2. The van der Waals surface area contributed by atoms with Crippen molar-refractivity contribution in [2.45, 2.75) is 28.3 Å². The average Bonchev–Trinajstić information content (AvgIpc) is 3.22. The van der Waals surface area contributed by atoms with E-state index in [1.165, 1.54) is 40.4 Å². The topological polar surface area (TPSA) is 96.7 Å². The second-order valence-corrected chi connectivity index (χ2v) is 9.74. The highest BCUT2D eigenvalue weighted by Gasteiger charge is 2.09. The van der Waals surface area contributed by atoms with Gasteiger partial charge in [0.1, 0.15) is 0 Å². The number of hydrogen-bond donors (Lipinski definition) is 2. The molecule has 10 heteroatoms. The molecule has 0 spiro atoms. The van der Waals surface area contributed by atoms with E-state index in [1.54, 1.807) is 30.0 Å². The second-order valence-electron chi connectivity index (χ2n) is 6.32. The highest BCUT2D eigenvalue weighted by atomic mass is 32.2. The van der Waals surface area contributed by atoms with Gasteiger partial charge >= 0.3 is 0 Å². The van der Waals surface area contributed by atoms with Gasteiger partial charge in [0.25, 0.3) is 5.91 Å². The molecular weight excluding hydrogens is 452 g/mol. The van der Waals surface area contributed by atoms with Gasteiger partial charge in [-0.1, -0.05) is 70.8 Å². The van der Waals surface area contributed by atoms with Crippen LogP contribution in [0.4, 0.5) is 0 Å². The first-order chi connectivity index (χ1) is 15.0. The number of hydrogen-bond acceptors (Lipinski definition) is 9. The number of amides is 1. The van der Waals surface area contributed by atoms with E-state index in [0.717, 1.165) is 14.4 Å². The number of ether oxygens (including phenoxy) is 1. The number of aryl methyl sites for hydroxylation is 1. The molecule has 0 saturated carbocycles. The van der Waals surface area contributed by atoms with Crippen molar-refractivity contribution in [2.75, 3.05) is 12.4 Å². The number of rotatable bonds is 10. The van der Waals surface area contributed by atoms with Gasteiger partial charge < -0.3 is 9.84 Å². The van der Waals surface area contributed by atoms with Crippen LogP contribution in [0.3, 0.4) is 0 Å². The first-order valence-electron chi connectivity index (χ1n) is 9.46. The smallest absolute Gasteiger partial charge is 0.250 e. The summed E-state index contributed by atoms with van der Waals surface area (Å²) in [5.41, 5.74) is 5.37. The van der Waals surface area contributed by atoms with Crippen LogP contribution >= 0.6 is 34.9 Å². The number of carbonyl (C=O) groups is 1. The van der Waals surface area contributed by atoms with E-state index in [4.69, 9.17) is 4.74 Å². The maximum atomic E-state index is 12.0. The second kappa shape index (κ2) is 11.7. The largest absolute Gasteiger partial charge is 0.504 e. The zero-order chi connectivity index (χ0) is 22.1. The summed E-state index contributed by atoms with van der Waals surface area (Å²) in [7, 11) is 0. The van der Waals surface area contributed by atoms with Gasteiger partial charge in [0.05, 0.1) is 18.6 Å². The molecule has 0 aliphatic heterocycles. The minimum atomic E-state index is -0.272. The van der Waals surface area contributed by atoms with Crippen LogP contribution in [0.25, 0.3) is 0 Å². The standard InChI is InChI=1S/C21H22N4O3S3/c1-3-28-17-6-4-5-16(19(17)27)11-22-23-18(26)13-30-21-25-24-20(31-21)29-12-15-9-7-14(2)8-10-15/h4-11,27H,3,12-13H2,1-2H3,(H,23,26)/b22-11+. The molecule has 1 amide bonds. The highest BCUT2D eigenvalue weighted by Crippen LogP contribution is 2.31. The molecule has 1 aromatic heterocycles. The molecule has 7 nitrogen and oxygen atoms in total. The Balaban J connectivity index is 1.43. The van der Waals surface area contributed by atoms with Crippen LogP contribution in [-0.4, -0.2) is 39.8 Å². The zero-order valence-corrected chi connectivity index (χ0v) is 19.5. The van der Waals surface area contributed by atoms with Gasteiger partial charge in [-0.15, -0.1) is 10.2 Å². The molecule has 3 aromatic rings. The van der Waals surface area contributed by atoms with Crippen LogP contribution in [0.2, 0.25) is 0 Å². The summed E-state index contributed by atoms with van der Waals surface area (Å²) in [4.78, 5) is 12.0. The molecular formula is C21H22N4O3S3. The number of phenolic OH excluding ortho intramolecular Hbond substituents is 1. The minimum absolute atomic E-state index is 0.0127. The fourth-order valence-corrected chi connectivity index (χ4v) is 5.16. The summed E-state index contributed by atoms with van der Waals surface area (Å²) < 4.78 is 6.92. The van der Waals surface area contributed by atoms with Crippen molar-refractivity contribution in [1.82, 2.24) is 15.6 Å². The summed E-state index contributed by atoms with van der Waals surface area (Å²) >= 11 is 4.40. The maximum Gasteiger partial charge on any atom is 0.250 e. The third kappa shape index (κ3) is 7.27. The molecule has 3 rings (SSSR count). The van der Waals surface area contributed by atoms with E-state index in [-0.39, 0.29) is 17.4 Å². The number of nitrogens with one attached hydrogen (secondary N) is 1. The van der Waals surface area contributed by atoms with Gasteiger partial charge in [0, 0.05) is 11.3 Å². The molecule has 0 bridgehead atoms. The SMILES string of the molecule is CCOc1cccc(/C=N/NC(=O)CSc2nnc(SCc3ccc(C)cc3)s2)c1O. The lowest BCUT2D eigenvalue weighted by Crippen LogP contribution is -2.19. The molecule has 0 saturated heterocycles. The van der Waals surface area contributed by atoms with E-state index in [0.29, 0.717) is 17.9 Å². The fraction of sp³-hybridized carbons (Fsp3) is 0.238. The highest BCUT2D eigenvalue weighted by molar-refractivity contribution is 8.03. The predicted octanol–water partition coefficient (Wildman–Crippen LogP) is 4.49. The lowest BCUT2D eigenvalue weighted by Gasteiger charge is -2.07. The third-order valence-electron chi connectivity index (χ3n) is 3.92. The first kappa shape index (κ1) is 23.1. The summed E-state index contributed by atoms with van der Waals surface area (Å²) in [6, 6.07) is 13.5. The number of thioether (sulfide) groups is 2. The van der Waals surface area contributed by atoms with Crippen molar-refractivity contribution in [3.8, 4) is 11.5 Å². The molecule has 0 aliphatic rings. The van der Waals surface area contributed by atoms with E-state index < -0.39 is 0 Å². The molecule has 0 radical (unpaired) electrons. The fourth-order valence-electron chi connectivity index (χ4n) is 2.39. The zero-order valence-electron chi connectivity index (χ0n) is 17.1. The summed E-state index contributed by atoms with van der Waals surface area (Å²) in [6.07, 6.45) is 1.38. The molecule has 0 atom stereocenters. The van der Waals surface area contributed by atoms with Gasteiger partial charge in [0.15, 0.2) is 20.2 Å². The lowest BCUT2D eigenvalue weighted by molar-refractivity contribution is -0.118. The van der Waals surface area contributed by atoms with E-state index in [9.17, 15) is 9.90 Å². The third-order valence-corrected chi connectivity index (χ3v) is 7.18. The van der Waals surface area contributed by atoms with Crippen LogP contribution in [-0.2, 0) is 10.5 Å². The molecule has 2 aromatic carbocycles. The Hall–Kier alpha value is -2.56. The van der Waals surface area contributed by atoms with E-state index in [2.05, 4.69) is 51.9 Å². The van der Waals surface area contributed by atoms with Crippen LogP contribution in [0.5, 0.6) is 11.5 Å². The Morgan fingerprint density at radius 3 is 2.68 bits per heavy atom. The van der Waals surface area contributed by atoms with Gasteiger partial charge in [-0.05, 0) is 31.5 Å². The molecule has 2 N–H and O–H groups in total. The van der Waals surface area contributed by atoms with Gasteiger partial charge in [0.2, 0.25) is 0 Å². The number of benzene rings is 2. The van der Waals surface area contributed by atoms with Crippen molar-refractivity contribution in [1.29, 1.82) is 0 Å². The number of aromatic hydroxyl groups is 1. The number of hydrazone groups is 1. The van der Waals surface area contributed by atoms with Crippen LogP contribution in [0, 0.1) is 6.92 Å². The number of nitrogens with zero attached hydrogens (tertiary/aromatic N) is 3. The van der Waals surface area contributed by atoms with Gasteiger partial charge in [-0.25, -0.2) is 5.43 Å². The molecule has 0 unspecified atom stereocenters. The first-order valence-corrected chi connectivity index (χ1v) is 12.2. The summed E-state index contributed by atoms with van der Waals surface area (Å²) in [5.74, 6) is 1.08. The van der Waals surface area contributed by atoms with E-state index in [1.807, 2.05) is 6.92 Å². The molecule has 1 heterocycles. The van der Waals surface area contributed by atoms with Crippen LogP contribution in [0.15, 0.2) is 56.2 Å². The monoisotopic (exact) mass is 474 g/mol. The Bertz CT molecular complexity index is 1040. The number of phenols is 1.